The van der Waals surface area contributed by atoms with E-state index in [4.69, 9.17) is 53.6 Å². The zero-order chi connectivity index (χ0) is 40.2. The van der Waals surface area contributed by atoms with Crippen LogP contribution in [0.4, 0.5) is 11.8 Å². The molecule has 0 radical (unpaired) electrons. The first-order chi connectivity index (χ1) is 27.8. The molecule has 3 aromatic rings. The molecule has 57 heavy (non-hydrogen) atoms. The number of hydrogen-bond donors (Lipinski definition) is 2. The Bertz CT molecular complexity index is 1740. The SMILES string of the molecule is Cc1ccc2nc(N3CCS(=O)(=O)c4ccccc4C3)nc(NCC3(N)CN(CCOCCOCCOCCOCCOCCOCCOCCOCI)C3)c2c1. The summed E-state index contributed by atoms with van der Waals surface area (Å²) in [4.78, 5) is 14.4. The second-order valence-electron chi connectivity index (χ2n) is 14.0. The molecule has 0 bridgehead atoms. The molecule has 16 nitrogen and oxygen atoms in total. The number of halogens is 1. The molecule has 1 saturated heterocycles. The summed E-state index contributed by atoms with van der Waals surface area (Å²) in [5.74, 6) is 1.18. The van der Waals surface area contributed by atoms with Gasteiger partial charge < -0.3 is 53.8 Å². The molecule has 2 aliphatic heterocycles. The van der Waals surface area contributed by atoms with Crippen LogP contribution in [0.25, 0.3) is 10.9 Å². The zero-order valence-electron chi connectivity index (χ0n) is 33.0. The number of nitrogens with one attached hydrogen (secondary N) is 1. The number of hydrogen-bond acceptors (Lipinski definition) is 16. The van der Waals surface area contributed by atoms with Gasteiger partial charge in [0.15, 0.2) is 9.84 Å². The number of anilines is 2. The number of nitrogens with zero attached hydrogens (tertiary/aromatic N) is 4. The Hall–Kier alpha value is -2.34. The highest BCUT2D eigenvalue weighted by molar-refractivity contribution is 14.1. The quantitative estimate of drug-likeness (QED) is 0.0590. The molecule has 5 rings (SSSR count). The van der Waals surface area contributed by atoms with Gasteiger partial charge in [0.25, 0.3) is 0 Å². The van der Waals surface area contributed by atoms with E-state index in [9.17, 15) is 8.42 Å². The average Bonchev–Trinajstić information content (AvgIpc) is 3.33. The van der Waals surface area contributed by atoms with Crippen LogP contribution in [-0.2, 0) is 54.3 Å². The Morgan fingerprint density at radius 3 is 1.88 bits per heavy atom. The van der Waals surface area contributed by atoms with E-state index < -0.39 is 15.4 Å². The van der Waals surface area contributed by atoms with Crippen molar-refractivity contribution in [3.8, 4) is 0 Å². The van der Waals surface area contributed by atoms with Gasteiger partial charge in [-0.2, -0.15) is 4.98 Å². The predicted molar refractivity (Wildman–Crippen MR) is 226 cm³/mol. The van der Waals surface area contributed by atoms with Crippen molar-refractivity contribution >= 4 is 55.1 Å². The van der Waals surface area contributed by atoms with Crippen molar-refractivity contribution in [1.82, 2.24) is 14.9 Å². The Balaban J connectivity index is 0.879. The van der Waals surface area contributed by atoms with Gasteiger partial charge in [0, 0.05) is 44.7 Å². The molecule has 1 fully saturated rings. The third-order valence-corrected chi connectivity index (χ3v) is 11.6. The summed E-state index contributed by atoms with van der Waals surface area (Å²) < 4.78 is 70.6. The zero-order valence-corrected chi connectivity index (χ0v) is 36.0. The number of nitrogens with two attached hydrogens (primary N) is 1. The Labute approximate surface area is 350 Å². The van der Waals surface area contributed by atoms with E-state index in [0.29, 0.717) is 140 Å². The average molecular weight is 931 g/mol. The largest absolute Gasteiger partial charge is 0.378 e. The summed E-state index contributed by atoms with van der Waals surface area (Å²) in [6.45, 7) is 13.4. The summed E-state index contributed by atoms with van der Waals surface area (Å²) in [5, 5.41) is 4.42. The minimum atomic E-state index is -3.40. The Kier molecular flexibility index (Phi) is 19.8. The van der Waals surface area contributed by atoms with Crippen LogP contribution in [0.15, 0.2) is 47.4 Å². The third kappa shape index (κ3) is 15.6. The highest BCUT2D eigenvalue weighted by atomic mass is 127. The van der Waals surface area contributed by atoms with Crippen molar-refractivity contribution in [1.29, 1.82) is 0 Å². The number of sulfone groups is 1. The molecule has 0 spiro atoms. The van der Waals surface area contributed by atoms with Crippen molar-refractivity contribution in [2.45, 2.75) is 23.9 Å². The number of aromatic nitrogens is 2. The molecule has 0 atom stereocenters. The molecule has 18 heteroatoms. The normalized spacial score (nSPS) is 16.4. The molecule has 0 unspecified atom stereocenters. The highest BCUT2D eigenvalue weighted by Crippen LogP contribution is 2.29. The van der Waals surface area contributed by atoms with Crippen LogP contribution in [0.1, 0.15) is 11.1 Å². The molecule has 2 aliphatic rings. The highest BCUT2D eigenvalue weighted by Gasteiger charge is 2.39. The van der Waals surface area contributed by atoms with Crippen LogP contribution < -0.4 is 16.0 Å². The molecule has 0 saturated carbocycles. The van der Waals surface area contributed by atoms with Gasteiger partial charge in [0.05, 0.1) is 125 Å². The van der Waals surface area contributed by atoms with E-state index in [-0.39, 0.29) is 5.75 Å². The number of rotatable bonds is 29. The maximum atomic E-state index is 13.0. The van der Waals surface area contributed by atoms with Crippen molar-refractivity contribution in [2.75, 3.05) is 152 Å². The summed E-state index contributed by atoms with van der Waals surface area (Å²) >= 11 is 2.16. The lowest BCUT2D eigenvalue weighted by Gasteiger charge is -2.47. The molecule has 318 valence electrons. The smallest absolute Gasteiger partial charge is 0.228 e. The monoisotopic (exact) mass is 930 g/mol. The van der Waals surface area contributed by atoms with Crippen LogP contribution in [0.5, 0.6) is 0 Å². The summed E-state index contributed by atoms with van der Waals surface area (Å²) in [5.41, 5.74) is 8.98. The topological polar surface area (TPSA) is 178 Å². The second-order valence-corrected chi connectivity index (χ2v) is 16.7. The van der Waals surface area contributed by atoms with Gasteiger partial charge >= 0.3 is 0 Å². The Morgan fingerprint density at radius 2 is 1.30 bits per heavy atom. The number of benzene rings is 2. The van der Waals surface area contributed by atoms with Crippen molar-refractivity contribution in [3.63, 3.8) is 0 Å². The first-order valence-electron chi connectivity index (χ1n) is 19.5. The fourth-order valence-electron chi connectivity index (χ4n) is 6.40. The standard InChI is InChI=1S/C39H59IN6O10S/c1-32-6-7-35-34(26-32)37(44-38(43-35)46-9-25-57(47,48)36-5-3-2-4-33(36)27-46)42-28-39(41)29-45(30-39)8-10-49-11-12-50-13-14-51-15-16-52-17-18-53-19-20-54-21-22-55-23-24-56-31-40/h2-7,26H,8-25,27-31,41H2,1H3,(H,42,43,44). The molecule has 0 aliphatic carbocycles. The van der Waals surface area contributed by atoms with Gasteiger partial charge in [-0.15, -0.1) is 0 Å². The molecule has 2 aromatic carbocycles. The number of fused-ring (bicyclic) bond motifs is 2. The Morgan fingerprint density at radius 1 is 0.754 bits per heavy atom. The van der Waals surface area contributed by atoms with Crippen molar-refractivity contribution < 1.29 is 46.3 Å². The molecule has 1 aromatic heterocycles. The first kappa shape index (κ1) is 45.7. The molecular formula is C39H59IN6O10S. The predicted octanol–water partition coefficient (Wildman–Crippen LogP) is 2.68. The first-order valence-corrected chi connectivity index (χ1v) is 22.7. The van der Waals surface area contributed by atoms with Gasteiger partial charge in [-0.1, -0.05) is 52.4 Å². The van der Waals surface area contributed by atoms with Gasteiger partial charge in [0.1, 0.15) is 5.82 Å². The molecule has 3 N–H and O–H groups in total. The van der Waals surface area contributed by atoms with E-state index in [1.54, 1.807) is 12.1 Å². The summed E-state index contributed by atoms with van der Waals surface area (Å²) in [7, 11) is -3.40. The summed E-state index contributed by atoms with van der Waals surface area (Å²) in [6, 6.07) is 13.2. The maximum Gasteiger partial charge on any atom is 0.228 e. The minimum absolute atomic E-state index is 0.00372. The lowest BCUT2D eigenvalue weighted by Crippen LogP contribution is -2.70. The van der Waals surface area contributed by atoms with E-state index in [1.807, 2.05) is 36.1 Å². The maximum absolute atomic E-state index is 13.0. The van der Waals surface area contributed by atoms with E-state index in [2.05, 4.69) is 38.9 Å². The molecular weight excluding hydrogens is 871 g/mol. The van der Waals surface area contributed by atoms with Crippen LogP contribution in [-0.4, -0.2) is 171 Å². The number of likely N-dealkylation sites (tertiary alicyclic amines) is 1. The minimum Gasteiger partial charge on any atom is -0.378 e. The number of aryl methyl sites for hydroxylation is 1. The second kappa shape index (κ2) is 24.7. The van der Waals surface area contributed by atoms with Gasteiger partial charge in [-0.3, -0.25) is 4.90 Å². The fraction of sp³-hybridized carbons (Fsp3) is 0.641. The van der Waals surface area contributed by atoms with Crippen LogP contribution in [0.2, 0.25) is 0 Å². The van der Waals surface area contributed by atoms with Crippen LogP contribution in [0, 0.1) is 6.92 Å². The van der Waals surface area contributed by atoms with E-state index in [1.165, 1.54) is 0 Å². The van der Waals surface area contributed by atoms with Crippen LogP contribution in [0.3, 0.4) is 0 Å². The van der Waals surface area contributed by atoms with Crippen LogP contribution >= 0.6 is 22.6 Å². The lowest BCUT2D eigenvalue weighted by atomic mass is 9.91. The number of ether oxygens (including phenoxy) is 8. The molecule has 0 amide bonds. The number of alkyl halides is 1. The van der Waals surface area contributed by atoms with Gasteiger partial charge in [0.2, 0.25) is 5.95 Å². The third-order valence-electron chi connectivity index (χ3n) is 9.34. The van der Waals surface area contributed by atoms with E-state index in [0.717, 1.165) is 41.7 Å². The van der Waals surface area contributed by atoms with Gasteiger partial charge in [-0.25, -0.2) is 13.4 Å². The van der Waals surface area contributed by atoms with Crippen molar-refractivity contribution in [2.24, 2.45) is 5.73 Å². The summed E-state index contributed by atoms with van der Waals surface area (Å²) in [6.07, 6.45) is 0. The lowest BCUT2D eigenvalue weighted by molar-refractivity contribution is -0.0239. The fourth-order valence-corrected chi connectivity index (χ4v) is 8.21. The van der Waals surface area contributed by atoms with E-state index >= 15 is 0 Å². The van der Waals surface area contributed by atoms with Crippen molar-refractivity contribution in [3.05, 3.63) is 53.6 Å². The molecule has 3 heterocycles. The van der Waals surface area contributed by atoms with Gasteiger partial charge in [-0.05, 0) is 30.7 Å².